The van der Waals surface area contributed by atoms with Crippen LogP contribution in [0.1, 0.15) is 24.8 Å². The van der Waals surface area contributed by atoms with Crippen molar-refractivity contribution in [2.45, 2.75) is 19.3 Å². The third kappa shape index (κ3) is 6.48. The van der Waals surface area contributed by atoms with Gasteiger partial charge in [0.15, 0.2) is 5.82 Å². The Morgan fingerprint density at radius 2 is 1.93 bits per heavy atom. The molecule has 0 N–H and O–H groups in total. The molecular formula is C22H28N4O3. The molecule has 1 fully saturated rings. The van der Waals surface area contributed by atoms with Gasteiger partial charge in [0, 0.05) is 19.2 Å². The van der Waals surface area contributed by atoms with Crippen molar-refractivity contribution in [3.05, 3.63) is 54.6 Å². The van der Waals surface area contributed by atoms with Crippen LogP contribution in [0.25, 0.3) is 0 Å². The summed E-state index contributed by atoms with van der Waals surface area (Å²) in [5.74, 6) is 3.01. The first-order valence-electron chi connectivity index (χ1n) is 9.90. The highest BCUT2D eigenvalue weighted by Gasteiger charge is 2.20. The van der Waals surface area contributed by atoms with E-state index in [1.807, 2.05) is 36.4 Å². The first-order chi connectivity index (χ1) is 14.3. The van der Waals surface area contributed by atoms with E-state index in [-0.39, 0.29) is 0 Å². The maximum Gasteiger partial charge on any atom is 0.233 e. The zero-order valence-corrected chi connectivity index (χ0v) is 16.9. The van der Waals surface area contributed by atoms with E-state index < -0.39 is 0 Å². The van der Waals surface area contributed by atoms with Gasteiger partial charge in [0.05, 0.1) is 19.9 Å². The largest absolute Gasteiger partial charge is 0.494 e. The van der Waals surface area contributed by atoms with E-state index in [4.69, 9.17) is 14.3 Å². The second-order valence-corrected chi connectivity index (χ2v) is 6.89. The van der Waals surface area contributed by atoms with E-state index in [1.165, 1.54) is 0 Å². The van der Waals surface area contributed by atoms with Gasteiger partial charge in [-0.2, -0.15) is 0 Å². The summed E-state index contributed by atoms with van der Waals surface area (Å²) in [7, 11) is 1.60. The molecule has 1 aliphatic heterocycles. The molecule has 3 rings (SSSR count). The highest BCUT2D eigenvalue weighted by atomic mass is 16.6. The maximum absolute atomic E-state index is 5.90. The summed E-state index contributed by atoms with van der Waals surface area (Å²) in [6, 6.07) is 11.7. The summed E-state index contributed by atoms with van der Waals surface area (Å²) in [6.07, 6.45) is 6.66. The fraction of sp³-hybridized carbons (Fsp3) is 0.409. The van der Waals surface area contributed by atoms with Gasteiger partial charge in [0.1, 0.15) is 12.4 Å². The minimum Gasteiger partial charge on any atom is -0.494 e. The molecule has 7 nitrogen and oxygen atoms in total. The third-order valence-corrected chi connectivity index (χ3v) is 4.92. The van der Waals surface area contributed by atoms with E-state index in [9.17, 15) is 0 Å². The van der Waals surface area contributed by atoms with Crippen molar-refractivity contribution in [2.24, 2.45) is 11.1 Å². The maximum atomic E-state index is 5.90. The number of anilines is 1. The number of aromatic nitrogens is 2. The van der Waals surface area contributed by atoms with Crippen LogP contribution >= 0.6 is 0 Å². The van der Waals surface area contributed by atoms with Crippen molar-refractivity contribution in [3.8, 4) is 11.6 Å². The van der Waals surface area contributed by atoms with Gasteiger partial charge in [-0.15, -0.1) is 10.2 Å². The van der Waals surface area contributed by atoms with Crippen molar-refractivity contribution in [3.63, 3.8) is 0 Å². The summed E-state index contributed by atoms with van der Waals surface area (Å²) in [6.45, 7) is 6.69. The van der Waals surface area contributed by atoms with Crippen LogP contribution in [-0.4, -0.2) is 49.8 Å². The van der Waals surface area contributed by atoms with Gasteiger partial charge < -0.3 is 19.2 Å². The number of benzene rings is 1. The van der Waals surface area contributed by atoms with Crippen LogP contribution in [-0.2, 0) is 4.84 Å². The van der Waals surface area contributed by atoms with Crippen molar-refractivity contribution < 1.29 is 14.3 Å². The van der Waals surface area contributed by atoms with Crippen LogP contribution in [0.4, 0.5) is 5.82 Å². The SMILES string of the molecule is C=CCO/N=C/c1ccc(OCCC2CCN(c3ccc(OC)nn3)CC2)cc1. The fourth-order valence-corrected chi connectivity index (χ4v) is 3.23. The quantitative estimate of drug-likeness (QED) is 0.264. The number of rotatable bonds is 10. The highest BCUT2D eigenvalue weighted by molar-refractivity contribution is 5.79. The van der Waals surface area contributed by atoms with Crippen LogP contribution in [0.5, 0.6) is 11.6 Å². The molecule has 1 aromatic carbocycles. The summed E-state index contributed by atoms with van der Waals surface area (Å²) in [4.78, 5) is 7.28. The van der Waals surface area contributed by atoms with Crippen molar-refractivity contribution >= 4 is 12.0 Å². The summed E-state index contributed by atoms with van der Waals surface area (Å²) < 4.78 is 11.0. The van der Waals surface area contributed by atoms with E-state index in [1.54, 1.807) is 19.4 Å². The van der Waals surface area contributed by atoms with E-state index in [0.717, 1.165) is 56.1 Å². The molecule has 0 bridgehead atoms. The van der Waals surface area contributed by atoms with Gasteiger partial charge in [-0.3, -0.25) is 0 Å². The lowest BCUT2D eigenvalue weighted by molar-refractivity contribution is 0.176. The lowest BCUT2D eigenvalue weighted by atomic mass is 9.94. The van der Waals surface area contributed by atoms with Crippen LogP contribution in [0, 0.1) is 5.92 Å². The minimum atomic E-state index is 0.407. The Kier molecular flexibility index (Phi) is 7.86. The van der Waals surface area contributed by atoms with Gasteiger partial charge in [-0.25, -0.2) is 0 Å². The number of hydrogen-bond acceptors (Lipinski definition) is 7. The third-order valence-electron chi connectivity index (χ3n) is 4.92. The van der Waals surface area contributed by atoms with E-state index >= 15 is 0 Å². The van der Waals surface area contributed by atoms with Crippen LogP contribution < -0.4 is 14.4 Å². The number of oxime groups is 1. The molecule has 0 radical (unpaired) electrons. The van der Waals surface area contributed by atoms with Crippen LogP contribution in [0.15, 0.2) is 54.2 Å². The average Bonchev–Trinajstić information content (AvgIpc) is 2.78. The van der Waals surface area contributed by atoms with E-state index in [0.29, 0.717) is 18.4 Å². The molecule has 154 valence electrons. The Balaban J connectivity index is 1.36. The number of piperidine rings is 1. The summed E-state index contributed by atoms with van der Waals surface area (Å²) in [5.41, 5.74) is 0.968. The molecule has 7 heteroatoms. The lowest BCUT2D eigenvalue weighted by Gasteiger charge is -2.32. The van der Waals surface area contributed by atoms with Gasteiger partial charge >= 0.3 is 0 Å². The normalized spacial score (nSPS) is 14.7. The molecule has 0 aliphatic carbocycles. The van der Waals surface area contributed by atoms with Gasteiger partial charge in [0.2, 0.25) is 5.88 Å². The first-order valence-corrected chi connectivity index (χ1v) is 9.90. The molecule has 0 spiro atoms. The van der Waals surface area contributed by atoms with Crippen LogP contribution in [0.3, 0.4) is 0 Å². The molecule has 2 aromatic rings. The van der Waals surface area contributed by atoms with Gasteiger partial charge in [0.25, 0.3) is 0 Å². The molecule has 0 amide bonds. The molecule has 0 unspecified atom stereocenters. The van der Waals surface area contributed by atoms with Crippen molar-refractivity contribution in [1.82, 2.24) is 10.2 Å². The predicted octanol–water partition coefficient (Wildman–Crippen LogP) is 3.71. The summed E-state index contributed by atoms with van der Waals surface area (Å²) in [5, 5.41) is 12.2. The number of ether oxygens (including phenoxy) is 2. The second kappa shape index (κ2) is 11.0. The molecule has 1 saturated heterocycles. The Morgan fingerprint density at radius 3 is 2.59 bits per heavy atom. The predicted molar refractivity (Wildman–Crippen MR) is 114 cm³/mol. The first kappa shape index (κ1) is 20.6. The zero-order valence-electron chi connectivity index (χ0n) is 16.9. The number of hydrogen-bond donors (Lipinski definition) is 0. The summed E-state index contributed by atoms with van der Waals surface area (Å²) >= 11 is 0. The zero-order chi connectivity index (χ0) is 20.3. The smallest absolute Gasteiger partial charge is 0.233 e. The second-order valence-electron chi connectivity index (χ2n) is 6.89. The average molecular weight is 396 g/mol. The number of nitrogens with zero attached hydrogens (tertiary/aromatic N) is 4. The van der Waals surface area contributed by atoms with Crippen molar-refractivity contribution in [2.75, 3.05) is 38.3 Å². The van der Waals surface area contributed by atoms with Crippen molar-refractivity contribution in [1.29, 1.82) is 0 Å². The Hall–Kier alpha value is -3.09. The lowest BCUT2D eigenvalue weighted by Crippen LogP contribution is -2.34. The highest BCUT2D eigenvalue weighted by Crippen LogP contribution is 2.24. The van der Waals surface area contributed by atoms with Gasteiger partial charge in [-0.1, -0.05) is 17.8 Å². The Labute approximate surface area is 172 Å². The van der Waals surface area contributed by atoms with Crippen LogP contribution in [0.2, 0.25) is 0 Å². The molecular weight excluding hydrogens is 368 g/mol. The molecule has 2 heterocycles. The molecule has 29 heavy (non-hydrogen) atoms. The Bertz CT molecular complexity index is 770. The topological polar surface area (TPSA) is 69.1 Å². The van der Waals surface area contributed by atoms with Gasteiger partial charge in [-0.05, 0) is 61.1 Å². The monoisotopic (exact) mass is 396 g/mol. The fourth-order valence-electron chi connectivity index (χ4n) is 3.23. The minimum absolute atomic E-state index is 0.407. The Morgan fingerprint density at radius 1 is 1.14 bits per heavy atom. The molecule has 0 atom stereocenters. The molecule has 0 saturated carbocycles. The van der Waals surface area contributed by atoms with E-state index in [2.05, 4.69) is 26.8 Å². The number of methoxy groups -OCH3 is 1. The molecule has 1 aliphatic rings. The standard InChI is InChI=1S/C22H28N4O3/c1-3-15-29-23-17-19-4-6-20(7-5-19)28-16-12-18-10-13-26(14-11-18)21-8-9-22(27-2)25-24-21/h3-9,17-18H,1,10-16H2,2H3/b23-17+. The molecule has 1 aromatic heterocycles.